The molecule has 3 nitrogen and oxygen atoms in total. The third kappa shape index (κ3) is 2.02. The zero-order valence-electron chi connectivity index (χ0n) is 12.3. The zero-order valence-corrected chi connectivity index (χ0v) is 13.1. The maximum absolute atomic E-state index is 4.70. The smallest absolute Gasteiger partial charge is 0.0795 e. The summed E-state index contributed by atoms with van der Waals surface area (Å²) < 4.78 is 0. The number of aromatic nitrogens is 2. The Kier molecular flexibility index (Phi) is 2.85. The molecule has 0 amide bonds. The van der Waals surface area contributed by atoms with Crippen molar-refractivity contribution in [1.82, 2.24) is 9.97 Å². The molecule has 5 rings (SSSR count). The van der Waals surface area contributed by atoms with Crippen molar-refractivity contribution in [3.63, 3.8) is 0 Å². The molecule has 0 bridgehead atoms. The fourth-order valence-electron chi connectivity index (χ4n) is 3.20. The van der Waals surface area contributed by atoms with Gasteiger partial charge in [-0.05, 0) is 18.6 Å². The molecule has 4 heteroatoms. The Hall–Kier alpha value is -2.46. The third-order valence-corrected chi connectivity index (χ3v) is 5.59. The zero-order chi connectivity index (χ0) is 15.2. The van der Waals surface area contributed by atoms with Crippen molar-refractivity contribution in [2.24, 2.45) is 4.99 Å². The monoisotopic (exact) mass is 315 g/mol. The summed E-state index contributed by atoms with van der Waals surface area (Å²) in [5.41, 5.74) is 5.42. The van der Waals surface area contributed by atoms with Crippen molar-refractivity contribution < 1.29 is 0 Å². The highest BCUT2D eigenvalue weighted by atomic mass is 32.2. The molecule has 0 spiro atoms. The molecule has 23 heavy (non-hydrogen) atoms. The van der Waals surface area contributed by atoms with Crippen molar-refractivity contribution in [3.8, 4) is 11.3 Å². The van der Waals surface area contributed by atoms with E-state index in [1.165, 1.54) is 16.2 Å². The minimum Gasteiger partial charge on any atom is -0.260 e. The van der Waals surface area contributed by atoms with E-state index in [4.69, 9.17) is 4.98 Å². The van der Waals surface area contributed by atoms with Gasteiger partial charge in [0, 0.05) is 40.0 Å². The number of hydrogen-bond donors (Lipinski definition) is 0. The first kappa shape index (κ1) is 13.0. The summed E-state index contributed by atoms with van der Waals surface area (Å²) >= 11 is 1.89. The second kappa shape index (κ2) is 5.03. The van der Waals surface area contributed by atoms with Crippen molar-refractivity contribution >= 4 is 28.4 Å². The second-order valence-electron chi connectivity index (χ2n) is 5.69. The Bertz CT molecular complexity index is 986. The van der Waals surface area contributed by atoms with E-state index in [1.54, 1.807) is 0 Å². The lowest BCUT2D eigenvalue weighted by Gasteiger charge is -2.09. The SMILES string of the molecule is C1=CN=C2c3cnc(-c4cccc5cccnc45)cc3SC2C1. The van der Waals surface area contributed by atoms with Crippen LogP contribution in [0, 0.1) is 0 Å². The lowest BCUT2D eigenvalue weighted by atomic mass is 10.0. The number of allylic oxidation sites excluding steroid dienone is 1. The molecule has 1 atom stereocenters. The summed E-state index contributed by atoms with van der Waals surface area (Å²) in [5.74, 6) is 0. The number of nitrogens with zero attached hydrogens (tertiary/aromatic N) is 3. The van der Waals surface area contributed by atoms with Crippen LogP contribution in [0.15, 0.2) is 71.0 Å². The van der Waals surface area contributed by atoms with E-state index in [0.717, 1.165) is 28.6 Å². The summed E-state index contributed by atoms with van der Waals surface area (Å²) in [6.45, 7) is 0. The second-order valence-corrected chi connectivity index (χ2v) is 6.93. The molecule has 2 aliphatic rings. The molecule has 2 aromatic heterocycles. The maximum Gasteiger partial charge on any atom is 0.0795 e. The minimum atomic E-state index is 0.442. The number of rotatable bonds is 1. The molecule has 1 aromatic carbocycles. The number of hydrogen-bond acceptors (Lipinski definition) is 4. The van der Waals surface area contributed by atoms with Gasteiger partial charge in [-0.1, -0.05) is 30.3 Å². The number of pyridine rings is 2. The highest BCUT2D eigenvalue weighted by Crippen LogP contribution is 2.42. The molecular weight excluding hydrogens is 302 g/mol. The van der Waals surface area contributed by atoms with E-state index in [-0.39, 0.29) is 0 Å². The molecule has 0 fully saturated rings. The Balaban J connectivity index is 1.67. The van der Waals surface area contributed by atoms with Crippen LogP contribution in [0.3, 0.4) is 0 Å². The minimum absolute atomic E-state index is 0.442. The van der Waals surface area contributed by atoms with Gasteiger partial charge in [0.25, 0.3) is 0 Å². The van der Waals surface area contributed by atoms with Crippen LogP contribution in [0.1, 0.15) is 12.0 Å². The first-order valence-electron chi connectivity index (χ1n) is 7.64. The van der Waals surface area contributed by atoms with Crippen LogP contribution in [-0.2, 0) is 0 Å². The summed E-state index contributed by atoms with van der Waals surface area (Å²) in [6.07, 6.45) is 8.89. The fraction of sp³-hybridized carbons (Fsp3) is 0.105. The third-order valence-electron chi connectivity index (χ3n) is 4.29. The van der Waals surface area contributed by atoms with Crippen molar-refractivity contribution in [2.45, 2.75) is 16.6 Å². The van der Waals surface area contributed by atoms with E-state index in [9.17, 15) is 0 Å². The Labute approximate surface area is 138 Å². The predicted octanol–water partition coefficient (Wildman–Crippen LogP) is 4.48. The van der Waals surface area contributed by atoms with Crippen LogP contribution in [0.4, 0.5) is 0 Å². The molecule has 0 saturated carbocycles. The largest absolute Gasteiger partial charge is 0.260 e. The average Bonchev–Trinajstić information content (AvgIpc) is 2.99. The average molecular weight is 315 g/mol. The molecule has 110 valence electrons. The van der Waals surface area contributed by atoms with E-state index in [2.05, 4.69) is 46.4 Å². The van der Waals surface area contributed by atoms with Crippen molar-refractivity contribution in [1.29, 1.82) is 0 Å². The topological polar surface area (TPSA) is 38.1 Å². The Morgan fingerprint density at radius 1 is 1.04 bits per heavy atom. The van der Waals surface area contributed by atoms with E-state index in [1.807, 2.05) is 36.4 Å². The van der Waals surface area contributed by atoms with E-state index in [0.29, 0.717) is 5.25 Å². The molecule has 0 radical (unpaired) electrons. The quantitative estimate of drug-likeness (QED) is 0.664. The first-order valence-corrected chi connectivity index (χ1v) is 8.52. The van der Waals surface area contributed by atoms with Gasteiger partial charge in [0.15, 0.2) is 0 Å². The van der Waals surface area contributed by atoms with Crippen molar-refractivity contribution in [3.05, 3.63) is 66.6 Å². The van der Waals surface area contributed by atoms with Gasteiger partial charge in [-0.2, -0.15) is 0 Å². The maximum atomic E-state index is 4.70. The van der Waals surface area contributed by atoms with Gasteiger partial charge in [0.05, 0.1) is 22.2 Å². The number of para-hydroxylation sites is 1. The summed E-state index contributed by atoms with van der Waals surface area (Å²) in [6, 6.07) is 12.5. The van der Waals surface area contributed by atoms with Crippen LogP contribution in [-0.4, -0.2) is 20.9 Å². The lowest BCUT2D eigenvalue weighted by molar-refractivity contribution is 1.09. The van der Waals surface area contributed by atoms with Crippen LogP contribution < -0.4 is 0 Å². The summed E-state index contributed by atoms with van der Waals surface area (Å²) in [7, 11) is 0. The molecule has 0 aliphatic carbocycles. The van der Waals surface area contributed by atoms with Gasteiger partial charge in [0.1, 0.15) is 0 Å². The normalized spacial score (nSPS) is 18.6. The number of aliphatic imine (C=N–C) groups is 1. The molecule has 2 aliphatic heterocycles. The van der Waals surface area contributed by atoms with Gasteiger partial charge in [-0.25, -0.2) is 0 Å². The fourth-order valence-corrected chi connectivity index (χ4v) is 4.47. The Morgan fingerprint density at radius 3 is 3.00 bits per heavy atom. The van der Waals surface area contributed by atoms with Gasteiger partial charge in [0.2, 0.25) is 0 Å². The van der Waals surface area contributed by atoms with Gasteiger partial charge < -0.3 is 0 Å². The summed E-state index contributed by atoms with van der Waals surface area (Å²) in [4.78, 5) is 15.1. The van der Waals surface area contributed by atoms with Gasteiger partial charge in [-0.15, -0.1) is 11.8 Å². The van der Waals surface area contributed by atoms with Crippen LogP contribution in [0.5, 0.6) is 0 Å². The number of thioether (sulfide) groups is 1. The molecule has 0 saturated heterocycles. The van der Waals surface area contributed by atoms with E-state index < -0.39 is 0 Å². The van der Waals surface area contributed by atoms with E-state index >= 15 is 0 Å². The van der Waals surface area contributed by atoms with Crippen LogP contribution in [0.2, 0.25) is 0 Å². The molecule has 0 N–H and O–H groups in total. The highest BCUT2D eigenvalue weighted by Gasteiger charge is 2.30. The standard InChI is InChI=1S/C19H13N3S/c1-4-12-5-2-8-20-18(12)13(6-1)15-10-17-14(11-22-15)19-16(23-17)7-3-9-21-19/h1-6,8-11,16H,7H2. The molecular formula is C19H13N3S. The molecule has 1 unspecified atom stereocenters. The number of benzene rings is 1. The van der Waals surface area contributed by atoms with Crippen molar-refractivity contribution in [2.75, 3.05) is 0 Å². The Morgan fingerprint density at radius 2 is 2.00 bits per heavy atom. The van der Waals surface area contributed by atoms with Crippen LogP contribution >= 0.6 is 11.8 Å². The predicted molar refractivity (Wildman–Crippen MR) is 94.9 cm³/mol. The highest BCUT2D eigenvalue weighted by molar-refractivity contribution is 8.01. The number of fused-ring (bicyclic) bond motifs is 4. The lowest BCUT2D eigenvalue weighted by Crippen LogP contribution is -2.14. The molecule has 3 aromatic rings. The summed E-state index contributed by atoms with van der Waals surface area (Å²) in [5, 5.41) is 1.58. The first-order chi connectivity index (χ1) is 11.4. The van der Waals surface area contributed by atoms with Crippen LogP contribution in [0.25, 0.3) is 22.2 Å². The van der Waals surface area contributed by atoms with Gasteiger partial charge in [-0.3, -0.25) is 15.0 Å². The molecule has 4 heterocycles. The van der Waals surface area contributed by atoms with Gasteiger partial charge >= 0.3 is 0 Å².